The normalized spacial score (nSPS) is 17.9. The fourth-order valence-electron chi connectivity index (χ4n) is 2.58. The molecule has 20 heavy (non-hydrogen) atoms. The van der Waals surface area contributed by atoms with Crippen molar-refractivity contribution in [3.63, 3.8) is 0 Å². The van der Waals surface area contributed by atoms with Gasteiger partial charge in [0.05, 0.1) is 12.0 Å². The highest BCUT2D eigenvalue weighted by atomic mass is 32.1. The van der Waals surface area contributed by atoms with E-state index in [1.165, 1.54) is 11.3 Å². The number of nitrogens with one attached hydrogen (secondary N) is 1. The summed E-state index contributed by atoms with van der Waals surface area (Å²) >= 11 is 1.43. The van der Waals surface area contributed by atoms with Gasteiger partial charge in [-0.2, -0.15) is 0 Å². The van der Waals surface area contributed by atoms with Crippen LogP contribution < -0.4 is 5.32 Å². The van der Waals surface area contributed by atoms with E-state index in [1.54, 1.807) is 0 Å². The summed E-state index contributed by atoms with van der Waals surface area (Å²) in [5.74, 6) is -0.160. The lowest BCUT2D eigenvalue weighted by atomic mass is 9.82. The summed E-state index contributed by atoms with van der Waals surface area (Å²) in [6.07, 6.45) is 7.88. The van der Waals surface area contributed by atoms with Crippen molar-refractivity contribution in [2.45, 2.75) is 70.3 Å². The predicted octanol–water partition coefficient (Wildman–Crippen LogP) is 2.90. The highest BCUT2D eigenvalue weighted by molar-refractivity contribution is 7.15. The number of aromatic nitrogens is 2. The van der Waals surface area contributed by atoms with Crippen LogP contribution in [-0.2, 0) is 11.2 Å². The maximum Gasteiger partial charge on any atom is 0.229 e. The smallest absolute Gasteiger partial charge is 0.229 e. The van der Waals surface area contributed by atoms with Gasteiger partial charge in [-0.1, -0.05) is 43.9 Å². The molecule has 1 aliphatic carbocycles. The lowest BCUT2D eigenvalue weighted by Gasteiger charge is -2.31. The molecular formula is C14H23N3O2S. The van der Waals surface area contributed by atoms with E-state index in [0.717, 1.165) is 56.4 Å². The van der Waals surface area contributed by atoms with Gasteiger partial charge in [0.2, 0.25) is 11.0 Å². The fourth-order valence-corrected chi connectivity index (χ4v) is 3.38. The second-order valence-corrected chi connectivity index (χ2v) is 6.68. The average molecular weight is 297 g/mol. The number of hydrogen-bond acceptors (Lipinski definition) is 5. The Morgan fingerprint density at radius 2 is 2.10 bits per heavy atom. The molecule has 6 heteroatoms. The molecule has 0 aliphatic heterocycles. The number of aliphatic hydroxyl groups is 1. The molecule has 1 aromatic rings. The van der Waals surface area contributed by atoms with Crippen LogP contribution >= 0.6 is 11.3 Å². The van der Waals surface area contributed by atoms with E-state index >= 15 is 0 Å². The summed E-state index contributed by atoms with van der Waals surface area (Å²) in [4.78, 5) is 12.0. The van der Waals surface area contributed by atoms with Crippen LogP contribution in [0.15, 0.2) is 0 Å². The lowest BCUT2D eigenvalue weighted by Crippen LogP contribution is -2.35. The van der Waals surface area contributed by atoms with Gasteiger partial charge in [0.25, 0.3) is 0 Å². The minimum atomic E-state index is -0.821. The van der Waals surface area contributed by atoms with Gasteiger partial charge in [-0.3, -0.25) is 4.79 Å². The van der Waals surface area contributed by atoms with E-state index in [9.17, 15) is 9.90 Å². The third-order valence-corrected chi connectivity index (χ3v) is 4.63. The van der Waals surface area contributed by atoms with E-state index < -0.39 is 5.60 Å². The monoisotopic (exact) mass is 297 g/mol. The number of carbonyl (C=O) groups is 1. The first kappa shape index (κ1) is 15.4. The molecule has 2 N–H and O–H groups in total. The summed E-state index contributed by atoms with van der Waals surface area (Å²) < 4.78 is 0. The number of amides is 1. The Balaban J connectivity index is 1.83. The van der Waals surface area contributed by atoms with Gasteiger partial charge in [-0.25, -0.2) is 0 Å². The SMILES string of the molecule is CCCCc1nnc(NC(=O)CC2(O)CCCCC2)s1. The summed E-state index contributed by atoms with van der Waals surface area (Å²) in [7, 11) is 0. The number of carbonyl (C=O) groups excluding carboxylic acids is 1. The Labute approximate surface area is 123 Å². The standard InChI is InChI=1S/C14H23N3O2S/c1-2-3-7-12-16-17-13(20-12)15-11(18)10-14(19)8-5-4-6-9-14/h19H,2-10H2,1H3,(H,15,17,18). The van der Waals surface area contributed by atoms with Crippen LogP contribution in [0.1, 0.15) is 63.3 Å². The zero-order valence-electron chi connectivity index (χ0n) is 12.0. The van der Waals surface area contributed by atoms with Gasteiger partial charge in [0.15, 0.2) is 0 Å². The zero-order chi connectivity index (χ0) is 14.4. The van der Waals surface area contributed by atoms with Crippen LogP contribution in [-0.4, -0.2) is 26.8 Å². The molecule has 1 aliphatic rings. The number of nitrogens with zero attached hydrogens (tertiary/aromatic N) is 2. The van der Waals surface area contributed by atoms with Gasteiger partial charge < -0.3 is 10.4 Å². The Kier molecular flexibility index (Phi) is 5.48. The molecule has 1 heterocycles. The summed E-state index contributed by atoms with van der Waals surface area (Å²) in [5.41, 5.74) is -0.821. The van der Waals surface area contributed by atoms with E-state index in [1.807, 2.05) is 0 Å². The molecular weight excluding hydrogens is 274 g/mol. The molecule has 1 amide bonds. The molecule has 1 fully saturated rings. The summed E-state index contributed by atoms with van der Waals surface area (Å²) in [6, 6.07) is 0. The quantitative estimate of drug-likeness (QED) is 0.846. The molecule has 0 bridgehead atoms. The molecule has 0 unspecified atom stereocenters. The molecule has 2 rings (SSSR count). The third kappa shape index (κ3) is 4.52. The van der Waals surface area contributed by atoms with Crippen molar-refractivity contribution in [2.24, 2.45) is 0 Å². The fraction of sp³-hybridized carbons (Fsp3) is 0.786. The summed E-state index contributed by atoms with van der Waals surface area (Å²) in [6.45, 7) is 2.13. The van der Waals surface area contributed by atoms with Crippen molar-refractivity contribution in [2.75, 3.05) is 5.32 Å². The first-order valence-corrected chi connectivity index (χ1v) is 8.27. The second kappa shape index (κ2) is 7.13. The topological polar surface area (TPSA) is 75.1 Å². The van der Waals surface area contributed by atoms with E-state index in [2.05, 4.69) is 22.4 Å². The van der Waals surface area contributed by atoms with Crippen molar-refractivity contribution in [3.8, 4) is 0 Å². The molecule has 112 valence electrons. The summed E-state index contributed by atoms with van der Waals surface area (Å²) in [5, 5.41) is 22.6. The number of aryl methyl sites for hydroxylation is 1. The second-order valence-electron chi connectivity index (χ2n) is 5.61. The molecule has 1 saturated carbocycles. The van der Waals surface area contributed by atoms with E-state index in [0.29, 0.717) is 5.13 Å². The molecule has 0 radical (unpaired) electrons. The van der Waals surface area contributed by atoms with Crippen molar-refractivity contribution < 1.29 is 9.90 Å². The lowest BCUT2D eigenvalue weighted by molar-refractivity contribution is -0.122. The van der Waals surface area contributed by atoms with E-state index in [-0.39, 0.29) is 12.3 Å². The Bertz CT molecular complexity index is 441. The molecule has 1 aromatic heterocycles. The van der Waals surface area contributed by atoms with Gasteiger partial charge in [-0.15, -0.1) is 10.2 Å². The van der Waals surface area contributed by atoms with Crippen molar-refractivity contribution in [1.82, 2.24) is 10.2 Å². The minimum absolute atomic E-state index is 0.160. The van der Waals surface area contributed by atoms with Crippen LogP contribution in [0.25, 0.3) is 0 Å². The molecule has 0 saturated heterocycles. The third-order valence-electron chi connectivity index (χ3n) is 3.73. The number of unbranched alkanes of at least 4 members (excludes halogenated alkanes) is 1. The average Bonchev–Trinajstić information content (AvgIpc) is 2.84. The molecule has 0 aromatic carbocycles. The number of anilines is 1. The Morgan fingerprint density at radius 3 is 2.80 bits per heavy atom. The van der Waals surface area contributed by atoms with Crippen molar-refractivity contribution in [1.29, 1.82) is 0 Å². The van der Waals surface area contributed by atoms with Crippen LogP contribution in [0.4, 0.5) is 5.13 Å². The van der Waals surface area contributed by atoms with Gasteiger partial charge >= 0.3 is 0 Å². The van der Waals surface area contributed by atoms with Gasteiger partial charge in [-0.05, 0) is 19.3 Å². The Hall–Kier alpha value is -1.01. The van der Waals surface area contributed by atoms with Crippen LogP contribution in [0, 0.1) is 0 Å². The zero-order valence-corrected chi connectivity index (χ0v) is 12.8. The van der Waals surface area contributed by atoms with Gasteiger partial charge in [0.1, 0.15) is 5.01 Å². The number of hydrogen-bond donors (Lipinski definition) is 2. The molecule has 0 spiro atoms. The Morgan fingerprint density at radius 1 is 1.35 bits per heavy atom. The van der Waals surface area contributed by atoms with Crippen molar-refractivity contribution in [3.05, 3.63) is 5.01 Å². The maximum absolute atomic E-state index is 12.0. The highest BCUT2D eigenvalue weighted by Gasteiger charge is 2.31. The minimum Gasteiger partial charge on any atom is -0.389 e. The van der Waals surface area contributed by atoms with Crippen LogP contribution in [0.3, 0.4) is 0 Å². The van der Waals surface area contributed by atoms with E-state index in [4.69, 9.17) is 0 Å². The van der Waals surface area contributed by atoms with Crippen LogP contribution in [0.5, 0.6) is 0 Å². The first-order chi connectivity index (χ1) is 9.61. The molecule has 5 nitrogen and oxygen atoms in total. The van der Waals surface area contributed by atoms with Gasteiger partial charge in [0, 0.05) is 6.42 Å². The number of rotatable bonds is 6. The highest BCUT2D eigenvalue weighted by Crippen LogP contribution is 2.31. The van der Waals surface area contributed by atoms with Crippen molar-refractivity contribution >= 4 is 22.4 Å². The molecule has 0 atom stereocenters. The van der Waals surface area contributed by atoms with Crippen LogP contribution in [0.2, 0.25) is 0 Å². The maximum atomic E-state index is 12.0. The largest absolute Gasteiger partial charge is 0.389 e. The predicted molar refractivity (Wildman–Crippen MR) is 79.8 cm³/mol. The first-order valence-electron chi connectivity index (χ1n) is 7.46.